The number of aliphatic carboxylic acids is 1. The van der Waals surface area contributed by atoms with Crippen molar-refractivity contribution in [3.63, 3.8) is 0 Å². The summed E-state index contributed by atoms with van der Waals surface area (Å²) in [5, 5.41) is 8.36. The number of carboxylic acids is 1. The van der Waals surface area contributed by atoms with Crippen molar-refractivity contribution in [1.82, 2.24) is 4.57 Å². The smallest absolute Gasteiger partial charge is 0.303 e. The van der Waals surface area contributed by atoms with Crippen LogP contribution in [0.2, 0.25) is 0 Å². The molecule has 0 saturated carbocycles. The predicted molar refractivity (Wildman–Crippen MR) is 69.8 cm³/mol. The van der Waals surface area contributed by atoms with Crippen molar-refractivity contribution < 1.29 is 18.7 Å². The van der Waals surface area contributed by atoms with Crippen LogP contribution in [0.4, 0.5) is 8.78 Å². The maximum Gasteiger partial charge on any atom is 0.303 e. The van der Waals surface area contributed by atoms with Gasteiger partial charge in [0.2, 0.25) is 0 Å². The van der Waals surface area contributed by atoms with Gasteiger partial charge in [0.05, 0.1) is 10.9 Å². The van der Waals surface area contributed by atoms with Gasteiger partial charge in [-0.05, 0) is 25.5 Å². The molecule has 106 valence electrons. The van der Waals surface area contributed by atoms with E-state index in [0.29, 0.717) is 5.69 Å². The number of benzene rings is 1. The molecule has 0 spiro atoms. The maximum absolute atomic E-state index is 13.8. The van der Waals surface area contributed by atoms with Gasteiger partial charge in [-0.3, -0.25) is 9.59 Å². The van der Waals surface area contributed by atoms with Crippen molar-refractivity contribution in [2.45, 2.75) is 19.8 Å². The van der Waals surface area contributed by atoms with Gasteiger partial charge in [0, 0.05) is 24.7 Å². The molecule has 2 aromatic rings. The average Bonchev–Trinajstić information content (AvgIpc) is 2.38. The minimum absolute atomic E-state index is 0.0142. The van der Waals surface area contributed by atoms with Gasteiger partial charge in [-0.2, -0.15) is 0 Å². The molecule has 1 heterocycles. The zero-order chi connectivity index (χ0) is 15.0. The SMILES string of the molecule is Cc1c(CCC(=O)O)c(=O)c2c(F)ccc(F)c2n1C. The topological polar surface area (TPSA) is 59.3 Å². The van der Waals surface area contributed by atoms with Crippen molar-refractivity contribution in [2.75, 3.05) is 0 Å². The normalized spacial score (nSPS) is 11.0. The summed E-state index contributed by atoms with van der Waals surface area (Å²) in [6.45, 7) is 1.59. The lowest BCUT2D eigenvalue weighted by atomic mass is 10.0. The van der Waals surface area contributed by atoms with Crippen LogP contribution in [0, 0.1) is 18.6 Å². The molecule has 2 rings (SSSR count). The van der Waals surface area contributed by atoms with E-state index in [1.807, 2.05) is 0 Å². The molecule has 0 aliphatic rings. The van der Waals surface area contributed by atoms with Crippen LogP contribution >= 0.6 is 0 Å². The van der Waals surface area contributed by atoms with Crippen LogP contribution in [0.1, 0.15) is 17.7 Å². The summed E-state index contributed by atoms with van der Waals surface area (Å²) in [5.41, 5.74) is -0.111. The van der Waals surface area contributed by atoms with Gasteiger partial charge in [0.1, 0.15) is 11.6 Å². The van der Waals surface area contributed by atoms with E-state index in [2.05, 4.69) is 0 Å². The van der Waals surface area contributed by atoms with Crippen LogP contribution in [0.15, 0.2) is 16.9 Å². The lowest BCUT2D eigenvalue weighted by molar-refractivity contribution is -0.136. The minimum atomic E-state index is -1.05. The number of aryl methyl sites for hydroxylation is 1. The van der Waals surface area contributed by atoms with Gasteiger partial charge in [0.25, 0.3) is 0 Å². The third-order valence-electron chi connectivity index (χ3n) is 3.44. The van der Waals surface area contributed by atoms with Crippen molar-refractivity contribution in [3.8, 4) is 0 Å². The van der Waals surface area contributed by atoms with Gasteiger partial charge in [0.15, 0.2) is 5.43 Å². The molecule has 1 aromatic heterocycles. The third-order valence-corrected chi connectivity index (χ3v) is 3.44. The first kappa shape index (κ1) is 14.2. The third kappa shape index (κ3) is 2.17. The summed E-state index contributed by atoms with van der Waals surface area (Å²) in [6.07, 6.45) is -0.252. The number of hydrogen-bond donors (Lipinski definition) is 1. The highest BCUT2D eigenvalue weighted by atomic mass is 19.1. The van der Waals surface area contributed by atoms with Gasteiger partial charge >= 0.3 is 5.97 Å². The van der Waals surface area contributed by atoms with Gasteiger partial charge in [-0.15, -0.1) is 0 Å². The Morgan fingerprint density at radius 1 is 1.30 bits per heavy atom. The van der Waals surface area contributed by atoms with Crippen LogP contribution in [0.3, 0.4) is 0 Å². The number of nitrogens with zero attached hydrogens (tertiary/aromatic N) is 1. The van der Waals surface area contributed by atoms with E-state index in [0.717, 1.165) is 12.1 Å². The Morgan fingerprint density at radius 2 is 1.90 bits per heavy atom. The monoisotopic (exact) mass is 281 g/mol. The Morgan fingerprint density at radius 3 is 2.50 bits per heavy atom. The highest BCUT2D eigenvalue weighted by Gasteiger charge is 2.18. The van der Waals surface area contributed by atoms with Crippen LogP contribution in [0.25, 0.3) is 10.9 Å². The van der Waals surface area contributed by atoms with E-state index in [1.54, 1.807) is 6.92 Å². The summed E-state index contributed by atoms with van der Waals surface area (Å²) in [5.74, 6) is -2.54. The number of fused-ring (bicyclic) bond motifs is 1. The van der Waals surface area contributed by atoms with Crippen molar-refractivity contribution in [2.24, 2.45) is 7.05 Å². The highest BCUT2D eigenvalue weighted by Crippen LogP contribution is 2.21. The number of halogens is 2. The first-order valence-corrected chi connectivity index (χ1v) is 6.02. The zero-order valence-corrected chi connectivity index (χ0v) is 11.0. The lowest BCUT2D eigenvalue weighted by Gasteiger charge is -2.14. The van der Waals surface area contributed by atoms with Gasteiger partial charge in [-0.25, -0.2) is 8.78 Å². The standard InChI is InChI=1S/C14H13F2NO3/c1-7-8(3-6-11(18)19)14(20)12-9(15)4-5-10(16)13(12)17(7)2/h4-5H,3,6H2,1-2H3,(H,18,19). The van der Waals surface area contributed by atoms with E-state index in [-0.39, 0.29) is 29.3 Å². The molecule has 0 atom stereocenters. The summed E-state index contributed by atoms with van der Waals surface area (Å²) in [7, 11) is 1.52. The molecule has 1 aromatic carbocycles. The van der Waals surface area contributed by atoms with Gasteiger partial charge < -0.3 is 9.67 Å². The van der Waals surface area contributed by atoms with Crippen molar-refractivity contribution >= 4 is 16.9 Å². The van der Waals surface area contributed by atoms with Crippen molar-refractivity contribution in [1.29, 1.82) is 0 Å². The largest absolute Gasteiger partial charge is 0.481 e. The second kappa shape index (κ2) is 5.03. The molecule has 0 saturated heterocycles. The van der Waals surface area contributed by atoms with E-state index in [1.165, 1.54) is 11.6 Å². The molecule has 20 heavy (non-hydrogen) atoms. The molecule has 0 bridgehead atoms. The molecule has 0 radical (unpaired) electrons. The zero-order valence-electron chi connectivity index (χ0n) is 11.0. The van der Waals surface area contributed by atoms with Crippen LogP contribution < -0.4 is 5.43 Å². The molecular formula is C14H13F2NO3. The van der Waals surface area contributed by atoms with Crippen molar-refractivity contribution in [3.05, 3.63) is 45.2 Å². The summed E-state index contributed by atoms with van der Waals surface area (Å²) >= 11 is 0. The Kier molecular flexibility index (Phi) is 3.57. The molecular weight excluding hydrogens is 268 g/mol. The number of pyridine rings is 1. The second-order valence-electron chi connectivity index (χ2n) is 4.60. The molecule has 0 unspecified atom stereocenters. The fraction of sp³-hybridized carbons (Fsp3) is 0.286. The fourth-order valence-electron chi connectivity index (χ4n) is 2.30. The molecule has 4 nitrogen and oxygen atoms in total. The Labute approximate surface area is 113 Å². The Hall–Kier alpha value is -2.24. The molecule has 0 amide bonds. The summed E-state index contributed by atoms with van der Waals surface area (Å²) in [6, 6.07) is 1.86. The maximum atomic E-state index is 13.8. The number of rotatable bonds is 3. The summed E-state index contributed by atoms with van der Waals surface area (Å²) < 4.78 is 29.0. The van der Waals surface area contributed by atoms with Gasteiger partial charge in [-0.1, -0.05) is 0 Å². The highest BCUT2D eigenvalue weighted by molar-refractivity contribution is 5.81. The first-order valence-electron chi connectivity index (χ1n) is 6.02. The molecule has 0 aliphatic heterocycles. The number of aromatic nitrogens is 1. The van der Waals surface area contributed by atoms with E-state index in [9.17, 15) is 18.4 Å². The molecule has 0 aliphatic carbocycles. The Balaban J connectivity index is 2.83. The molecule has 6 heteroatoms. The minimum Gasteiger partial charge on any atom is -0.481 e. The first-order chi connectivity index (χ1) is 9.34. The van der Waals surface area contributed by atoms with Crippen LogP contribution in [-0.4, -0.2) is 15.6 Å². The molecule has 1 N–H and O–H groups in total. The van der Waals surface area contributed by atoms with Crippen LogP contribution in [0.5, 0.6) is 0 Å². The Bertz CT molecular complexity index is 765. The molecule has 0 fully saturated rings. The number of hydrogen-bond acceptors (Lipinski definition) is 2. The lowest BCUT2D eigenvalue weighted by Crippen LogP contribution is -2.20. The average molecular weight is 281 g/mol. The van der Waals surface area contributed by atoms with E-state index >= 15 is 0 Å². The predicted octanol–water partition coefficient (Wildman–Crippen LogP) is 2.14. The fourth-order valence-corrected chi connectivity index (χ4v) is 2.30. The van der Waals surface area contributed by atoms with E-state index < -0.39 is 23.0 Å². The summed E-state index contributed by atoms with van der Waals surface area (Å²) in [4.78, 5) is 22.9. The van der Waals surface area contributed by atoms with Crippen LogP contribution in [-0.2, 0) is 18.3 Å². The number of carbonyl (C=O) groups is 1. The quantitative estimate of drug-likeness (QED) is 0.937. The second-order valence-corrected chi connectivity index (χ2v) is 4.60. The number of carboxylic acid groups (broad SMARTS) is 1. The van der Waals surface area contributed by atoms with E-state index in [4.69, 9.17) is 5.11 Å².